The molecule has 3 rings (SSSR count). The molecule has 0 aliphatic heterocycles. The maximum absolute atomic E-state index is 13.9. The first-order chi connectivity index (χ1) is 13.0. The van der Waals surface area contributed by atoms with Crippen LogP contribution in [0.3, 0.4) is 0 Å². The topological polar surface area (TPSA) is 21.3 Å². The van der Waals surface area contributed by atoms with Crippen molar-refractivity contribution in [2.75, 3.05) is 0 Å². The van der Waals surface area contributed by atoms with Crippen molar-refractivity contribution in [3.05, 3.63) is 98.2 Å². The average molecular weight is 425 g/mol. The number of benzene rings is 3. The van der Waals surface area contributed by atoms with Crippen LogP contribution in [-0.2, 0) is 19.7 Å². The van der Waals surface area contributed by atoms with Crippen LogP contribution in [0.4, 0.5) is 4.39 Å². The fourth-order valence-corrected chi connectivity index (χ4v) is 3.24. The van der Waals surface area contributed by atoms with E-state index in [1.54, 1.807) is 24.3 Å². The fourth-order valence-electron chi connectivity index (χ4n) is 2.62. The largest absolute Gasteiger partial charge is 0.488 e. The fraction of sp³-hybridized carbons (Fsp3) is 0.143. The third-order valence-corrected chi connectivity index (χ3v) is 5.00. The molecule has 2 nitrogen and oxygen atoms in total. The summed E-state index contributed by atoms with van der Waals surface area (Å²) in [7, 11) is 0. The third kappa shape index (κ3) is 5.36. The first-order valence-corrected chi connectivity index (χ1v) is 9.46. The molecule has 1 N–H and O–H groups in total. The van der Waals surface area contributed by atoms with Gasteiger partial charge in [0.25, 0.3) is 0 Å². The molecule has 0 radical (unpaired) electrons. The Labute approximate surface area is 172 Å². The molecule has 0 unspecified atom stereocenters. The zero-order valence-corrected chi connectivity index (χ0v) is 16.6. The second-order valence-electron chi connectivity index (χ2n) is 5.94. The van der Waals surface area contributed by atoms with Gasteiger partial charge in [-0.15, -0.1) is 0 Å². The summed E-state index contributed by atoms with van der Waals surface area (Å²) in [5, 5.41) is 4.97. The number of ether oxygens (including phenoxy) is 1. The van der Waals surface area contributed by atoms with Crippen LogP contribution in [0.15, 0.2) is 60.7 Å². The second kappa shape index (κ2) is 9.43. The molecule has 0 saturated heterocycles. The highest BCUT2D eigenvalue weighted by Gasteiger charge is 2.10. The zero-order chi connectivity index (χ0) is 19.2. The first-order valence-electron chi connectivity index (χ1n) is 8.33. The summed E-state index contributed by atoms with van der Waals surface area (Å²) < 4.78 is 19.8. The van der Waals surface area contributed by atoms with E-state index in [1.807, 2.05) is 30.3 Å². The van der Waals surface area contributed by atoms with Gasteiger partial charge in [0.2, 0.25) is 0 Å². The highest BCUT2D eigenvalue weighted by molar-refractivity contribution is 6.31. The van der Waals surface area contributed by atoms with Crippen molar-refractivity contribution in [1.29, 1.82) is 0 Å². The van der Waals surface area contributed by atoms with Gasteiger partial charge in [-0.3, -0.25) is 0 Å². The zero-order valence-electron chi connectivity index (χ0n) is 14.3. The normalized spacial score (nSPS) is 10.8. The summed E-state index contributed by atoms with van der Waals surface area (Å²) in [5.74, 6) is 0.222. The van der Waals surface area contributed by atoms with E-state index < -0.39 is 5.82 Å². The quantitative estimate of drug-likeness (QED) is 0.458. The minimum Gasteiger partial charge on any atom is -0.488 e. The van der Waals surface area contributed by atoms with Crippen LogP contribution in [0.25, 0.3) is 0 Å². The van der Waals surface area contributed by atoms with Crippen molar-refractivity contribution in [3.63, 3.8) is 0 Å². The maximum atomic E-state index is 13.9. The van der Waals surface area contributed by atoms with Crippen LogP contribution in [-0.4, -0.2) is 0 Å². The van der Waals surface area contributed by atoms with Crippen LogP contribution in [0, 0.1) is 5.82 Å². The Balaban J connectivity index is 1.69. The van der Waals surface area contributed by atoms with E-state index in [1.165, 1.54) is 6.07 Å². The minimum atomic E-state index is -0.394. The molecule has 0 aliphatic carbocycles. The lowest BCUT2D eigenvalue weighted by Gasteiger charge is -2.14. The Kier molecular flexibility index (Phi) is 6.97. The van der Waals surface area contributed by atoms with Gasteiger partial charge < -0.3 is 10.1 Å². The molecule has 0 spiro atoms. The van der Waals surface area contributed by atoms with Crippen molar-refractivity contribution in [3.8, 4) is 5.75 Å². The standard InChI is InChI=1S/C21H17Cl3FNO/c22-16-8-9-21(27-13-17-19(24)6-3-7-20(17)25)15(10-16)12-26-11-14-4-1-2-5-18(14)23/h1-10,26H,11-13H2. The molecule has 0 aromatic heterocycles. The van der Waals surface area contributed by atoms with Gasteiger partial charge >= 0.3 is 0 Å². The molecular formula is C21H17Cl3FNO. The summed E-state index contributed by atoms with van der Waals surface area (Å²) in [6, 6.07) is 17.5. The third-order valence-electron chi connectivity index (χ3n) is 4.04. The minimum absolute atomic E-state index is 0.0324. The summed E-state index contributed by atoms with van der Waals surface area (Å²) in [5.41, 5.74) is 2.19. The summed E-state index contributed by atoms with van der Waals surface area (Å²) in [6.07, 6.45) is 0. The average Bonchev–Trinajstić information content (AvgIpc) is 2.64. The van der Waals surface area contributed by atoms with Gasteiger partial charge in [-0.1, -0.05) is 59.1 Å². The van der Waals surface area contributed by atoms with Crippen molar-refractivity contribution < 1.29 is 9.13 Å². The van der Waals surface area contributed by atoms with Gasteiger partial charge in [-0.05, 0) is 42.0 Å². The van der Waals surface area contributed by atoms with E-state index in [9.17, 15) is 4.39 Å². The van der Waals surface area contributed by atoms with Crippen molar-refractivity contribution >= 4 is 34.8 Å². The molecule has 0 heterocycles. The summed E-state index contributed by atoms with van der Waals surface area (Å²) >= 11 is 18.4. The van der Waals surface area contributed by atoms with E-state index in [0.29, 0.717) is 39.5 Å². The Morgan fingerprint density at radius 1 is 0.815 bits per heavy atom. The predicted octanol–water partition coefficient (Wildman–Crippen LogP) is 6.65. The number of hydrogen-bond donors (Lipinski definition) is 1. The molecule has 0 atom stereocenters. The number of hydrogen-bond acceptors (Lipinski definition) is 2. The molecule has 0 saturated carbocycles. The van der Waals surface area contributed by atoms with Gasteiger partial charge in [0, 0.05) is 34.3 Å². The Morgan fingerprint density at radius 2 is 1.56 bits per heavy atom. The summed E-state index contributed by atoms with van der Waals surface area (Å²) in [6.45, 7) is 1.15. The Hall–Kier alpha value is -1.78. The Bertz CT molecular complexity index is 913. The molecule has 3 aromatic rings. The smallest absolute Gasteiger partial charge is 0.131 e. The van der Waals surface area contributed by atoms with Gasteiger partial charge in [0.05, 0.1) is 5.02 Å². The second-order valence-corrected chi connectivity index (χ2v) is 7.19. The lowest BCUT2D eigenvalue weighted by atomic mass is 10.1. The van der Waals surface area contributed by atoms with Crippen molar-refractivity contribution in [1.82, 2.24) is 5.32 Å². The van der Waals surface area contributed by atoms with E-state index in [0.717, 1.165) is 11.1 Å². The van der Waals surface area contributed by atoms with Crippen LogP contribution in [0.5, 0.6) is 5.75 Å². The number of nitrogens with one attached hydrogen (secondary N) is 1. The molecule has 0 amide bonds. The molecule has 0 fully saturated rings. The van der Waals surface area contributed by atoms with Crippen LogP contribution < -0.4 is 10.1 Å². The maximum Gasteiger partial charge on any atom is 0.131 e. The number of halogens is 4. The highest BCUT2D eigenvalue weighted by Crippen LogP contribution is 2.26. The molecule has 3 aromatic carbocycles. The van der Waals surface area contributed by atoms with E-state index in [4.69, 9.17) is 39.5 Å². The van der Waals surface area contributed by atoms with Gasteiger partial charge in [-0.25, -0.2) is 4.39 Å². The lowest BCUT2D eigenvalue weighted by molar-refractivity contribution is 0.296. The number of rotatable bonds is 7. The molecule has 27 heavy (non-hydrogen) atoms. The van der Waals surface area contributed by atoms with Gasteiger partial charge in [0.1, 0.15) is 18.2 Å². The van der Waals surface area contributed by atoms with Gasteiger partial charge in [-0.2, -0.15) is 0 Å². The van der Waals surface area contributed by atoms with E-state index in [-0.39, 0.29) is 6.61 Å². The highest BCUT2D eigenvalue weighted by atomic mass is 35.5. The molecule has 0 aliphatic rings. The monoisotopic (exact) mass is 423 g/mol. The van der Waals surface area contributed by atoms with Crippen LogP contribution in [0.2, 0.25) is 15.1 Å². The van der Waals surface area contributed by atoms with E-state index >= 15 is 0 Å². The predicted molar refractivity (Wildman–Crippen MR) is 109 cm³/mol. The molecule has 6 heteroatoms. The Morgan fingerprint density at radius 3 is 2.33 bits per heavy atom. The van der Waals surface area contributed by atoms with Crippen LogP contribution in [0.1, 0.15) is 16.7 Å². The van der Waals surface area contributed by atoms with Crippen LogP contribution >= 0.6 is 34.8 Å². The van der Waals surface area contributed by atoms with E-state index in [2.05, 4.69) is 5.32 Å². The lowest BCUT2D eigenvalue weighted by Crippen LogP contribution is -2.14. The van der Waals surface area contributed by atoms with Gasteiger partial charge in [0.15, 0.2) is 0 Å². The molecule has 0 bridgehead atoms. The molecular weight excluding hydrogens is 408 g/mol. The molecule has 140 valence electrons. The first kappa shape index (κ1) is 20.0. The summed E-state index contributed by atoms with van der Waals surface area (Å²) in [4.78, 5) is 0. The van der Waals surface area contributed by atoms with Crippen molar-refractivity contribution in [2.24, 2.45) is 0 Å². The SMILES string of the molecule is Fc1cccc(Cl)c1COc1ccc(Cl)cc1CNCc1ccccc1Cl. The van der Waals surface area contributed by atoms with Crippen molar-refractivity contribution in [2.45, 2.75) is 19.7 Å².